The van der Waals surface area contributed by atoms with E-state index < -0.39 is 6.29 Å². The molecule has 0 fully saturated rings. The van der Waals surface area contributed by atoms with Gasteiger partial charge in [-0.1, -0.05) is 30.3 Å². The van der Waals surface area contributed by atoms with E-state index in [0.29, 0.717) is 29.2 Å². The molecule has 4 nitrogen and oxygen atoms in total. The third-order valence-corrected chi connectivity index (χ3v) is 4.24. The van der Waals surface area contributed by atoms with Gasteiger partial charge in [-0.25, -0.2) is 0 Å². The Bertz CT molecular complexity index is 879. The van der Waals surface area contributed by atoms with Gasteiger partial charge in [-0.3, -0.25) is 4.79 Å². The summed E-state index contributed by atoms with van der Waals surface area (Å²) in [5.74, 6) is 0.643. The average Bonchev–Trinajstić information content (AvgIpc) is 2.62. The maximum absolute atomic E-state index is 13.2. The van der Waals surface area contributed by atoms with Crippen LogP contribution in [0.4, 0.5) is 0 Å². The zero-order chi connectivity index (χ0) is 18.7. The van der Waals surface area contributed by atoms with Gasteiger partial charge in [-0.2, -0.15) is 0 Å². The number of ketones is 1. The number of hydrogen-bond donors (Lipinski definition) is 1. The van der Waals surface area contributed by atoms with E-state index in [9.17, 15) is 9.90 Å². The number of benzene rings is 2. The van der Waals surface area contributed by atoms with Gasteiger partial charge in [0, 0.05) is 5.56 Å². The largest absolute Gasteiger partial charge is 0.493 e. The van der Waals surface area contributed by atoms with Crippen molar-refractivity contribution in [2.45, 2.75) is 27.1 Å². The maximum Gasteiger partial charge on any atom is 0.217 e. The van der Waals surface area contributed by atoms with Gasteiger partial charge >= 0.3 is 0 Å². The summed E-state index contributed by atoms with van der Waals surface area (Å²) in [5, 5.41) is 9.96. The Balaban J connectivity index is 2.10. The van der Waals surface area contributed by atoms with Gasteiger partial charge < -0.3 is 14.6 Å². The Morgan fingerprint density at radius 2 is 1.96 bits per heavy atom. The van der Waals surface area contributed by atoms with E-state index in [4.69, 9.17) is 9.47 Å². The summed E-state index contributed by atoms with van der Waals surface area (Å²) >= 11 is 0. The molecule has 0 saturated heterocycles. The lowest BCUT2D eigenvalue weighted by atomic mass is 9.94. The minimum absolute atomic E-state index is 0.184. The molecule has 26 heavy (non-hydrogen) atoms. The number of rotatable bonds is 5. The van der Waals surface area contributed by atoms with Crippen LogP contribution in [-0.2, 0) is 0 Å². The first-order valence-electron chi connectivity index (χ1n) is 8.62. The van der Waals surface area contributed by atoms with Gasteiger partial charge in [0.1, 0.15) is 17.1 Å². The molecule has 0 radical (unpaired) electrons. The quantitative estimate of drug-likeness (QED) is 0.638. The molecule has 1 aliphatic heterocycles. The number of Topliss-reactive ketones (excluding diaryl/α,β-unsaturated/α-hetero) is 1. The van der Waals surface area contributed by atoms with Crippen molar-refractivity contribution in [2.24, 2.45) is 0 Å². The van der Waals surface area contributed by atoms with E-state index in [2.05, 4.69) is 0 Å². The lowest BCUT2D eigenvalue weighted by molar-refractivity contribution is 0.0217. The second-order valence-corrected chi connectivity index (χ2v) is 6.17. The summed E-state index contributed by atoms with van der Waals surface area (Å²) in [6, 6.07) is 13.3. The minimum Gasteiger partial charge on any atom is -0.493 e. The van der Waals surface area contributed by atoms with Crippen molar-refractivity contribution in [3.05, 3.63) is 70.8 Å². The number of fused-ring (bicyclic) bond motifs is 1. The maximum atomic E-state index is 13.2. The molecule has 1 unspecified atom stereocenters. The highest BCUT2D eigenvalue weighted by atomic mass is 16.6. The van der Waals surface area contributed by atoms with E-state index in [1.807, 2.05) is 56.3 Å². The van der Waals surface area contributed by atoms with Crippen molar-refractivity contribution in [1.29, 1.82) is 0 Å². The van der Waals surface area contributed by atoms with Crippen LogP contribution in [0.5, 0.6) is 11.5 Å². The fraction of sp³-hybridized carbons (Fsp3) is 0.227. The molecule has 0 spiro atoms. The van der Waals surface area contributed by atoms with Crippen LogP contribution in [0.3, 0.4) is 0 Å². The molecule has 2 aromatic rings. The van der Waals surface area contributed by atoms with Gasteiger partial charge in [0.2, 0.25) is 6.29 Å². The number of hydrogen-bond acceptors (Lipinski definition) is 4. The number of ether oxygens (including phenoxy) is 2. The second kappa shape index (κ2) is 7.58. The number of aliphatic hydroxyl groups is 1. The van der Waals surface area contributed by atoms with Gasteiger partial charge in [-0.15, -0.1) is 0 Å². The summed E-state index contributed by atoms with van der Waals surface area (Å²) in [5.41, 5.74) is 3.50. The predicted molar refractivity (Wildman–Crippen MR) is 102 cm³/mol. The first-order valence-corrected chi connectivity index (χ1v) is 8.62. The smallest absolute Gasteiger partial charge is 0.217 e. The summed E-state index contributed by atoms with van der Waals surface area (Å²) in [6.07, 6.45) is 2.37. The molecule has 0 amide bonds. The molecule has 0 saturated carbocycles. The number of carbonyl (C=O) groups is 1. The van der Waals surface area contributed by atoms with Crippen LogP contribution < -0.4 is 9.47 Å². The minimum atomic E-state index is -1.08. The molecule has 1 heterocycles. The first kappa shape index (κ1) is 18.0. The molecule has 0 bridgehead atoms. The van der Waals surface area contributed by atoms with Crippen LogP contribution in [-0.4, -0.2) is 23.8 Å². The Morgan fingerprint density at radius 3 is 2.65 bits per heavy atom. The Labute approximate surface area is 153 Å². The number of aliphatic hydroxyl groups excluding tert-OH is 1. The van der Waals surface area contributed by atoms with Crippen molar-refractivity contribution in [1.82, 2.24) is 0 Å². The Hall–Kier alpha value is -2.85. The molecule has 1 N–H and O–H groups in total. The molecule has 1 aliphatic rings. The highest BCUT2D eigenvalue weighted by molar-refractivity contribution is 6.15. The van der Waals surface area contributed by atoms with E-state index in [1.165, 1.54) is 0 Å². The molecule has 3 rings (SSSR count). The lowest BCUT2D eigenvalue weighted by Gasteiger charge is -2.24. The zero-order valence-electron chi connectivity index (χ0n) is 15.2. The van der Waals surface area contributed by atoms with Crippen molar-refractivity contribution < 1.29 is 19.4 Å². The number of carbonyl (C=O) groups excluding carboxylic acids is 1. The van der Waals surface area contributed by atoms with Crippen LogP contribution >= 0.6 is 0 Å². The van der Waals surface area contributed by atoms with E-state index >= 15 is 0 Å². The van der Waals surface area contributed by atoms with Gasteiger partial charge in [0.05, 0.1) is 6.61 Å². The van der Waals surface area contributed by atoms with Crippen molar-refractivity contribution in [3.8, 4) is 11.5 Å². The third-order valence-electron chi connectivity index (χ3n) is 4.24. The molecular formula is C22H22O4. The van der Waals surface area contributed by atoms with Crippen molar-refractivity contribution in [2.75, 3.05) is 6.61 Å². The zero-order valence-corrected chi connectivity index (χ0v) is 15.2. The molecule has 0 aliphatic carbocycles. The molecule has 2 aromatic carbocycles. The third kappa shape index (κ3) is 3.55. The average molecular weight is 350 g/mol. The van der Waals surface area contributed by atoms with Gasteiger partial charge in [-0.05, 0) is 61.8 Å². The summed E-state index contributed by atoms with van der Waals surface area (Å²) in [4.78, 5) is 13.2. The topological polar surface area (TPSA) is 55.8 Å². The highest BCUT2D eigenvalue weighted by Gasteiger charge is 2.27. The Morgan fingerprint density at radius 1 is 1.23 bits per heavy atom. The second-order valence-electron chi connectivity index (χ2n) is 6.17. The number of allylic oxidation sites excluding steroid dienone is 2. The van der Waals surface area contributed by atoms with Gasteiger partial charge in [0.15, 0.2) is 5.78 Å². The molecule has 134 valence electrons. The van der Waals surface area contributed by atoms with Crippen LogP contribution in [0.1, 0.15) is 42.3 Å². The van der Waals surface area contributed by atoms with E-state index in [1.54, 1.807) is 19.1 Å². The molecule has 0 aromatic heterocycles. The molecule has 4 heteroatoms. The van der Waals surface area contributed by atoms with Crippen LogP contribution in [0.2, 0.25) is 0 Å². The molecular weight excluding hydrogens is 328 g/mol. The van der Waals surface area contributed by atoms with Crippen LogP contribution in [0, 0.1) is 0 Å². The van der Waals surface area contributed by atoms with Gasteiger partial charge in [0.25, 0.3) is 0 Å². The fourth-order valence-corrected chi connectivity index (χ4v) is 3.01. The summed E-state index contributed by atoms with van der Waals surface area (Å²) in [7, 11) is 0. The van der Waals surface area contributed by atoms with Crippen molar-refractivity contribution in [3.63, 3.8) is 0 Å². The molecule has 1 atom stereocenters. The lowest BCUT2D eigenvalue weighted by Crippen LogP contribution is -2.20. The van der Waals surface area contributed by atoms with Crippen molar-refractivity contribution >= 4 is 17.4 Å². The van der Waals surface area contributed by atoms with E-state index in [-0.39, 0.29) is 5.78 Å². The summed E-state index contributed by atoms with van der Waals surface area (Å²) in [6.45, 7) is 5.94. The highest BCUT2D eigenvalue weighted by Crippen LogP contribution is 2.40. The predicted octanol–water partition coefficient (Wildman–Crippen LogP) is 4.49. The first-order chi connectivity index (χ1) is 12.5. The SMILES string of the molecule is CCOc1ccc2c(c1C(=O)/C(C)=C/c1ccccc1)OC(O)C=C2C. The van der Waals surface area contributed by atoms with Crippen LogP contribution in [0.25, 0.3) is 11.6 Å². The standard InChI is InChI=1S/C22H22O4/c1-4-25-18-11-10-17-14(2)13-19(23)26-22(17)20(18)21(24)15(3)12-16-8-6-5-7-9-16/h5-13,19,23H,4H2,1-3H3/b15-12+. The normalized spacial score (nSPS) is 16.4. The summed E-state index contributed by atoms with van der Waals surface area (Å²) < 4.78 is 11.3. The Kier molecular flexibility index (Phi) is 5.24. The van der Waals surface area contributed by atoms with Crippen LogP contribution in [0.15, 0.2) is 54.1 Å². The monoisotopic (exact) mass is 350 g/mol. The van der Waals surface area contributed by atoms with E-state index in [0.717, 1.165) is 16.7 Å². The fourth-order valence-electron chi connectivity index (χ4n) is 3.01.